The summed E-state index contributed by atoms with van der Waals surface area (Å²) in [6.07, 6.45) is 0. The molecule has 0 bridgehead atoms. The minimum Gasteiger partial charge on any atom is -0.362 e. The smallest absolute Gasteiger partial charge is 0.267 e. The van der Waals surface area contributed by atoms with Crippen LogP contribution < -0.4 is 9.64 Å². The molecule has 0 atom stereocenters. The van der Waals surface area contributed by atoms with E-state index in [-0.39, 0.29) is 29.1 Å². The van der Waals surface area contributed by atoms with Crippen LogP contribution in [0.15, 0.2) is 29.1 Å². The topological polar surface area (TPSA) is 57.7 Å². The van der Waals surface area contributed by atoms with E-state index in [4.69, 9.17) is 11.6 Å². The first-order chi connectivity index (χ1) is 11.4. The fraction of sp³-hybridized carbons (Fsp3) is 0.312. The Labute approximate surface area is 151 Å². The molecule has 5 nitrogen and oxygen atoms in total. The number of nitrogens with zero attached hydrogens (tertiary/aromatic N) is 2. The van der Waals surface area contributed by atoms with Crippen LogP contribution in [0.4, 0.5) is 5.69 Å². The van der Waals surface area contributed by atoms with Gasteiger partial charge in [-0.2, -0.15) is 0 Å². The molecule has 0 aliphatic carbocycles. The zero-order valence-electron chi connectivity index (χ0n) is 13.1. The molecule has 8 heteroatoms. The second-order valence-corrected chi connectivity index (χ2v) is 8.39. The maximum Gasteiger partial charge on any atom is 0.267 e. The molecule has 0 saturated heterocycles. The molecule has 2 amide bonds. The summed E-state index contributed by atoms with van der Waals surface area (Å²) >= 11 is 6.15. The maximum absolute atomic E-state index is 12.4. The highest BCUT2D eigenvalue weighted by Crippen LogP contribution is 2.31. The van der Waals surface area contributed by atoms with Crippen LogP contribution in [0.3, 0.4) is 0 Å². The lowest BCUT2D eigenvalue weighted by molar-refractivity contribution is 0.0657. The minimum absolute atomic E-state index is 0.0205. The van der Waals surface area contributed by atoms with Crippen molar-refractivity contribution in [1.82, 2.24) is 4.90 Å². The molecule has 0 saturated carbocycles. The number of fused-ring (bicyclic) bond motifs is 1. The third kappa shape index (κ3) is 2.87. The van der Waals surface area contributed by atoms with Crippen molar-refractivity contribution in [3.8, 4) is 0 Å². The van der Waals surface area contributed by atoms with E-state index in [2.05, 4.69) is 0 Å². The number of carbonyl (C=O) groups excluding carboxylic acids is 2. The molecule has 3 rings (SSSR count). The number of amides is 2. The molecule has 2 aromatic rings. The van der Waals surface area contributed by atoms with E-state index >= 15 is 0 Å². The van der Waals surface area contributed by atoms with Gasteiger partial charge in [0, 0.05) is 19.1 Å². The summed E-state index contributed by atoms with van der Waals surface area (Å²) in [4.78, 5) is 39.9. The van der Waals surface area contributed by atoms with Crippen LogP contribution in [0.2, 0.25) is 4.34 Å². The first-order valence-corrected chi connectivity index (χ1v) is 9.95. The van der Waals surface area contributed by atoms with Gasteiger partial charge in [-0.15, -0.1) is 0 Å². The van der Waals surface area contributed by atoms with Gasteiger partial charge in [-0.05, 0) is 36.3 Å². The highest BCUT2D eigenvalue weighted by molar-refractivity contribution is 7.70. The predicted octanol–water partition coefficient (Wildman–Crippen LogP) is 3.33. The highest BCUT2D eigenvalue weighted by atomic mass is 35.5. The molecular weight excluding hydrogens is 368 g/mol. The van der Waals surface area contributed by atoms with Gasteiger partial charge in [-0.25, -0.2) is 0 Å². The number of hydrogen-bond acceptors (Lipinski definition) is 6. The summed E-state index contributed by atoms with van der Waals surface area (Å²) in [5.74, 6) is -0.582. The standard InChI is InChI=1S/C16H15ClN2O3S2/c1-9(2)18(12-13(17)23-24-16(12)22)7-8-19-14(20)10-5-3-4-6-11(10)15(19)21/h3-6,9H,7-8H2,1-2H3. The lowest BCUT2D eigenvalue weighted by atomic mass is 10.1. The van der Waals surface area contributed by atoms with E-state index in [0.717, 1.165) is 10.3 Å². The van der Waals surface area contributed by atoms with Crippen molar-refractivity contribution in [3.63, 3.8) is 0 Å². The van der Waals surface area contributed by atoms with Crippen molar-refractivity contribution < 1.29 is 9.59 Å². The minimum atomic E-state index is -0.291. The van der Waals surface area contributed by atoms with Crippen LogP contribution in [0.1, 0.15) is 34.6 Å². The number of rotatable bonds is 5. The summed E-state index contributed by atoms with van der Waals surface area (Å²) in [7, 11) is 2.32. The van der Waals surface area contributed by atoms with Gasteiger partial charge in [0.15, 0.2) is 0 Å². The van der Waals surface area contributed by atoms with Gasteiger partial charge >= 0.3 is 0 Å². The summed E-state index contributed by atoms with van der Waals surface area (Å²) in [5, 5.41) is 0. The Morgan fingerprint density at radius 3 is 2.12 bits per heavy atom. The molecule has 1 aliphatic rings. The summed E-state index contributed by atoms with van der Waals surface area (Å²) < 4.78 is 0.349. The van der Waals surface area contributed by atoms with Crippen LogP contribution in [-0.2, 0) is 0 Å². The quantitative estimate of drug-likeness (QED) is 0.588. The molecule has 0 radical (unpaired) electrons. The Morgan fingerprint density at radius 1 is 1.08 bits per heavy atom. The second kappa shape index (κ2) is 6.66. The van der Waals surface area contributed by atoms with E-state index < -0.39 is 0 Å². The fourth-order valence-corrected chi connectivity index (χ4v) is 5.00. The lowest BCUT2D eigenvalue weighted by Crippen LogP contribution is -2.42. The zero-order valence-corrected chi connectivity index (χ0v) is 15.5. The van der Waals surface area contributed by atoms with Crippen LogP contribution >= 0.6 is 32.3 Å². The molecule has 0 unspecified atom stereocenters. The third-order valence-corrected chi connectivity index (χ3v) is 6.58. The number of benzene rings is 1. The normalized spacial score (nSPS) is 13.8. The van der Waals surface area contributed by atoms with Crippen molar-refractivity contribution >= 4 is 49.8 Å². The molecule has 1 aliphatic heterocycles. The number of hydrogen-bond donors (Lipinski definition) is 0. The first kappa shape index (κ1) is 17.1. The van der Waals surface area contributed by atoms with E-state index in [9.17, 15) is 14.4 Å². The van der Waals surface area contributed by atoms with E-state index in [1.807, 2.05) is 18.7 Å². The average molecular weight is 383 g/mol. The Kier molecular flexibility index (Phi) is 4.76. The summed E-state index contributed by atoms with van der Waals surface area (Å²) in [5.41, 5.74) is 1.32. The zero-order chi connectivity index (χ0) is 17.4. The van der Waals surface area contributed by atoms with Gasteiger partial charge in [0.05, 0.1) is 11.1 Å². The van der Waals surface area contributed by atoms with Gasteiger partial charge in [-0.3, -0.25) is 19.3 Å². The largest absolute Gasteiger partial charge is 0.362 e. The molecule has 2 heterocycles. The molecule has 0 spiro atoms. The fourth-order valence-electron chi connectivity index (χ4n) is 2.74. The molecule has 24 heavy (non-hydrogen) atoms. The van der Waals surface area contributed by atoms with E-state index in [1.54, 1.807) is 24.3 Å². The average Bonchev–Trinajstić information content (AvgIpc) is 3.00. The summed E-state index contributed by atoms with van der Waals surface area (Å²) in [6.45, 7) is 4.46. The predicted molar refractivity (Wildman–Crippen MR) is 97.8 cm³/mol. The van der Waals surface area contributed by atoms with Gasteiger partial charge in [0.1, 0.15) is 10.0 Å². The monoisotopic (exact) mass is 382 g/mol. The Morgan fingerprint density at radius 2 is 1.67 bits per heavy atom. The first-order valence-electron chi connectivity index (χ1n) is 7.42. The molecule has 0 N–H and O–H groups in total. The van der Waals surface area contributed by atoms with Gasteiger partial charge in [0.25, 0.3) is 16.6 Å². The molecule has 1 aromatic carbocycles. The molecule has 1 aromatic heterocycles. The van der Waals surface area contributed by atoms with Crippen molar-refractivity contribution in [3.05, 3.63) is 49.3 Å². The number of halogens is 1. The van der Waals surface area contributed by atoms with Crippen LogP contribution in [0.5, 0.6) is 0 Å². The third-order valence-electron chi connectivity index (χ3n) is 3.92. The lowest BCUT2D eigenvalue weighted by Gasteiger charge is -2.29. The number of anilines is 1. The molecular formula is C16H15ClN2O3S2. The molecule has 126 valence electrons. The maximum atomic E-state index is 12.4. The number of imide groups is 1. The SMILES string of the molecule is CC(C)N(CCN1C(=O)c2ccccc2C1=O)c1c(Cl)ssc1=O. The molecule has 0 fully saturated rings. The van der Waals surface area contributed by atoms with Gasteiger partial charge in [0.2, 0.25) is 0 Å². The van der Waals surface area contributed by atoms with Crippen LogP contribution in [0.25, 0.3) is 0 Å². The number of carbonyl (C=O) groups is 2. The van der Waals surface area contributed by atoms with Gasteiger partial charge < -0.3 is 4.90 Å². The van der Waals surface area contributed by atoms with Gasteiger partial charge in [-0.1, -0.05) is 34.1 Å². The van der Waals surface area contributed by atoms with Crippen LogP contribution in [0, 0.1) is 0 Å². The van der Waals surface area contributed by atoms with E-state index in [0.29, 0.717) is 27.7 Å². The highest BCUT2D eigenvalue weighted by Gasteiger charge is 2.35. The van der Waals surface area contributed by atoms with Crippen molar-refractivity contribution in [1.29, 1.82) is 0 Å². The van der Waals surface area contributed by atoms with Crippen molar-refractivity contribution in [2.75, 3.05) is 18.0 Å². The van der Waals surface area contributed by atoms with Crippen molar-refractivity contribution in [2.45, 2.75) is 19.9 Å². The summed E-state index contributed by atoms with van der Waals surface area (Å²) in [6, 6.07) is 6.81. The van der Waals surface area contributed by atoms with Crippen molar-refractivity contribution in [2.24, 2.45) is 0 Å². The Bertz CT molecular complexity index is 824. The Hall–Kier alpha value is -1.70. The Balaban J connectivity index is 1.81. The van der Waals surface area contributed by atoms with E-state index in [1.165, 1.54) is 15.2 Å². The second-order valence-electron chi connectivity index (χ2n) is 5.67. The van der Waals surface area contributed by atoms with Crippen LogP contribution in [-0.4, -0.2) is 35.8 Å².